The lowest BCUT2D eigenvalue weighted by molar-refractivity contribution is -0.138. The molecule has 0 radical (unpaired) electrons. The van der Waals surface area contributed by atoms with Crippen LogP contribution in [0.1, 0.15) is 11.3 Å². The molecular weight excluding hydrogens is 301 g/mol. The Hall–Kier alpha value is -2.70. The van der Waals surface area contributed by atoms with E-state index in [-0.39, 0.29) is 22.8 Å². The van der Waals surface area contributed by atoms with Crippen molar-refractivity contribution in [1.82, 2.24) is 0 Å². The first-order valence-corrected chi connectivity index (χ1v) is 6.07. The minimum Gasteiger partial charge on any atom is -0.496 e. The average Bonchev–Trinajstić information content (AvgIpc) is 2.92. The molecule has 0 atom stereocenters. The Bertz CT molecular complexity index is 714. The van der Waals surface area contributed by atoms with Crippen LogP contribution in [0, 0.1) is 0 Å². The molecule has 1 aromatic heterocycles. The summed E-state index contributed by atoms with van der Waals surface area (Å²) in [6.07, 6.45) is -2.47. The van der Waals surface area contributed by atoms with Crippen molar-refractivity contribution in [3.8, 4) is 17.1 Å². The Balaban J connectivity index is 2.39. The molecule has 116 valence electrons. The highest BCUT2D eigenvalue weighted by Crippen LogP contribution is 2.38. The van der Waals surface area contributed by atoms with Crippen LogP contribution in [0.25, 0.3) is 17.4 Å². The van der Waals surface area contributed by atoms with E-state index >= 15 is 0 Å². The molecule has 2 rings (SSSR count). The minimum absolute atomic E-state index is 0.193. The van der Waals surface area contributed by atoms with Crippen LogP contribution < -0.4 is 4.74 Å². The van der Waals surface area contributed by atoms with Crippen molar-refractivity contribution in [3.05, 3.63) is 47.7 Å². The summed E-state index contributed by atoms with van der Waals surface area (Å²) in [5.74, 6) is -1.02. The molecule has 22 heavy (non-hydrogen) atoms. The van der Waals surface area contributed by atoms with Crippen LogP contribution in [0.15, 0.2) is 40.8 Å². The van der Waals surface area contributed by atoms with Gasteiger partial charge in [-0.15, -0.1) is 0 Å². The zero-order valence-electron chi connectivity index (χ0n) is 11.3. The summed E-state index contributed by atoms with van der Waals surface area (Å²) in [5, 5.41) is 8.51. The number of carbonyl (C=O) groups is 1. The van der Waals surface area contributed by atoms with Crippen molar-refractivity contribution < 1.29 is 32.2 Å². The number of hydrogen-bond acceptors (Lipinski definition) is 3. The topological polar surface area (TPSA) is 59.7 Å². The van der Waals surface area contributed by atoms with Gasteiger partial charge in [0.05, 0.1) is 12.7 Å². The fourth-order valence-electron chi connectivity index (χ4n) is 1.83. The van der Waals surface area contributed by atoms with Gasteiger partial charge in [-0.3, -0.25) is 0 Å². The summed E-state index contributed by atoms with van der Waals surface area (Å²) >= 11 is 0. The third-order valence-electron chi connectivity index (χ3n) is 2.81. The van der Waals surface area contributed by atoms with Gasteiger partial charge in [-0.2, -0.15) is 13.2 Å². The SMILES string of the molecule is COc1ccc(-c2ccc(/C=C/C(=O)O)o2)cc1C(F)(F)F. The van der Waals surface area contributed by atoms with Crippen molar-refractivity contribution in [2.45, 2.75) is 6.18 Å². The predicted octanol–water partition coefficient (Wildman–Crippen LogP) is 4.07. The highest BCUT2D eigenvalue weighted by molar-refractivity contribution is 5.84. The number of alkyl halides is 3. The van der Waals surface area contributed by atoms with Crippen LogP contribution in [-0.2, 0) is 11.0 Å². The fraction of sp³-hybridized carbons (Fsp3) is 0.133. The van der Waals surface area contributed by atoms with Gasteiger partial charge in [-0.1, -0.05) is 0 Å². The number of halogens is 3. The molecule has 0 unspecified atom stereocenters. The van der Waals surface area contributed by atoms with Gasteiger partial charge in [0, 0.05) is 11.6 Å². The van der Waals surface area contributed by atoms with Gasteiger partial charge in [-0.25, -0.2) is 4.79 Å². The summed E-state index contributed by atoms with van der Waals surface area (Å²) in [6.45, 7) is 0. The van der Waals surface area contributed by atoms with Gasteiger partial charge in [0.25, 0.3) is 0 Å². The summed E-state index contributed by atoms with van der Waals surface area (Å²) in [4.78, 5) is 10.4. The van der Waals surface area contributed by atoms with Crippen molar-refractivity contribution in [3.63, 3.8) is 0 Å². The van der Waals surface area contributed by atoms with Crippen molar-refractivity contribution in [2.75, 3.05) is 7.11 Å². The highest BCUT2D eigenvalue weighted by Gasteiger charge is 2.34. The van der Waals surface area contributed by atoms with Crippen LogP contribution in [-0.4, -0.2) is 18.2 Å². The maximum atomic E-state index is 13.0. The third-order valence-corrected chi connectivity index (χ3v) is 2.81. The standard InChI is InChI=1S/C15H11F3O4/c1-21-13-5-2-9(8-11(13)15(16,17)18)12-6-3-10(22-12)4-7-14(19)20/h2-8H,1H3,(H,19,20)/b7-4+. The molecule has 7 heteroatoms. The summed E-state index contributed by atoms with van der Waals surface area (Å²) < 4.78 is 48.9. The maximum absolute atomic E-state index is 13.0. The van der Waals surface area contributed by atoms with Crippen molar-refractivity contribution >= 4 is 12.0 Å². The highest BCUT2D eigenvalue weighted by atomic mass is 19.4. The van der Waals surface area contributed by atoms with Crippen molar-refractivity contribution in [2.24, 2.45) is 0 Å². The smallest absolute Gasteiger partial charge is 0.419 e. The number of benzene rings is 1. The summed E-state index contributed by atoms with van der Waals surface area (Å²) in [5.41, 5.74) is -0.699. The predicted molar refractivity (Wildman–Crippen MR) is 72.4 cm³/mol. The zero-order chi connectivity index (χ0) is 16.3. The number of carboxylic acid groups (broad SMARTS) is 1. The van der Waals surface area contributed by atoms with Crippen molar-refractivity contribution in [1.29, 1.82) is 0 Å². The Morgan fingerprint density at radius 1 is 1.27 bits per heavy atom. The number of aliphatic carboxylic acids is 1. The zero-order valence-corrected chi connectivity index (χ0v) is 11.3. The molecule has 1 N–H and O–H groups in total. The van der Waals surface area contributed by atoms with Crippen LogP contribution >= 0.6 is 0 Å². The van der Waals surface area contributed by atoms with Gasteiger partial charge < -0.3 is 14.3 Å². The van der Waals surface area contributed by atoms with Gasteiger partial charge >= 0.3 is 12.1 Å². The molecule has 0 saturated heterocycles. The van der Waals surface area contributed by atoms with E-state index in [2.05, 4.69) is 0 Å². The molecule has 0 spiro atoms. The first kappa shape index (κ1) is 15.7. The molecule has 0 saturated carbocycles. The van der Waals surface area contributed by atoms with Gasteiger partial charge in [-0.05, 0) is 36.4 Å². The second-order valence-electron chi connectivity index (χ2n) is 4.29. The van der Waals surface area contributed by atoms with Gasteiger partial charge in [0.2, 0.25) is 0 Å². The Kier molecular flexibility index (Phi) is 4.25. The van der Waals surface area contributed by atoms with Crippen LogP contribution in [0.5, 0.6) is 5.75 Å². The normalized spacial score (nSPS) is 11.8. The van der Waals surface area contributed by atoms with Crippen LogP contribution in [0.3, 0.4) is 0 Å². The number of furan rings is 1. The van der Waals surface area contributed by atoms with E-state index < -0.39 is 17.7 Å². The van der Waals surface area contributed by atoms with E-state index in [1.165, 1.54) is 30.3 Å². The van der Waals surface area contributed by atoms with Gasteiger partial charge in [0.1, 0.15) is 17.3 Å². The molecule has 0 amide bonds. The molecule has 0 aliphatic rings. The largest absolute Gasteiger partial charge is 0.496 e. The first-order valence-electron chi connectivity index (χ1n) is 6.07. The number of hydrogen-bond donors (Lipinski definition) is 1. The molecule has 1 heterocycles. The molecule has 4 nitrogen and oxygen atoms in total. The molecule has 0 bridgehead atoms. The molecule has 0 fully saturated rings. The number of rotatable bonds is 4. The summed E-state index contributed by atoms with van der Waals surface area (Å²) in [6, 6.07) is 6.48. The monoisotopic (exact) mass is 312 g/mol. The quantitative estimate of drug-likeness (QED) is 0.865. The Morgan fingerprint density at radius 2 is 2.00 bits per heavy atom. The number of methoxy groups -OCH3 is 1. The van der Waals surface area contributed by atoms with E-state index in [1.54, 1.807) is 0 Å². The molecule has 1 aromatic carbocycles. The van der Waals surface area contributed by atoms with E-state index in [1.807, 2.05) is 0 Å². The first-order chi connectivity index (χ1) is 10.3. The van der Waals surface area contributed by atoms with E-state index in [0.29, 0.717) is 0 Å². The van der Waals surface area contributed by atoms with E-state index in [9.17, 15) is 18.0 Å². The number of carboxylic acids is 1. The maximum Gasteiger partial charge on any atom is 0.419 e. The molecule has 0 aliphatic heterocycles. The second-order valence-corrected chi connectivity index (χ2v) is 4.29. The molecule has 2 aromatic rings. The Morgan fingerprint density at radius 3 is 2.59 bits per heavy atom. The van der Waals surface area contributed by atoms with Crippen LogP contribution in [0.4, 0.5) is 13.2 Å². The fourth-order valence-corrected chi connectivity index (χ4v) is 1.83. The van der Waals surface area contributed by atoms with Gasteiger partial charge in [0.15, 0.2) is 0 Å². The van der Waals surface area contributed by atoms with Crippen LogP contribution in [0.2, 0.25) is 0 Å². The lowest BCUT2D eigenvalue weighted by atomic mass is 10.1. The molecular formula is C15H11F3O4. The lowest BCUT2D eigenvalue weighted by Gasteiger charge is -2.12. The van der Waals surface area contributed by atoms with E-state index in [0.717, 1.165) is 19.3 Å². The molecule has 0 aliphatic carbocycles. The minimum atomic E-state index is -4.56. The average molecular weight is 312 g/mol. The lowest BCUT2D eigenvalue weighted by Crippen LogP contribution is -2.07. The Labute approximate surface area is 123 Å². The number of ether oxygens (including phenoxy) is 1. The summed E-state index contributed by atoms with van der Waals surface area (Å²) in [7, 11) is 1.16. The third kappa shape index (κ3) is 3.49. The van der Waals surface area contributed by atoms with E-state index in [4.69, 9.17) is 14.3 Å². The second kappa shape index (κ2) is 5.97.